The van der Waals surface area contributed by atoms with Crippen molar-refractivity contribution in [3.8, 4) is 10.7 Å². The molecule has 0 atom stereocenters. The van der Waals surface area contributed by atoms with E-state index in [4.69, 9.17) is 0 Å². The SMILES string of the molecule is Cc1cccc2c(Br)nc(-c3cccs3)n12. The van der Waals surface area contributed by atoms with E-state index < -0.39 is 0 Å². The average Bonchev–Trinajstić information content (AvgIpc) is 2.87. The first-order valence-electron chi connectivity index (χ1n) is 4.95. The minimum Gasteiger partial charge on any atom is -0.295 e. The Balaban J connectivity index is 2.42. The summed E-state index contributed by atoms with van der Waals surface area (Å²) in [6.07, 6.45) is 0. The summed E-state index contributed by atoms with van der Waals surface area (Å²) in [5, 5.41) is 2.07. The summed E-state index contributed by atoms with van der Waals surface area (Å²) in [6, 6.07) is 10.4. The minimum absolute atomic E-state index is 0.902. The number of halogens is 1. The molecule has 3 rings (SSSR count). The molecule has 0 N–H and O–H groups in total. The van der Waals surface area contributed by atoms with Crippen LogP contribution in [0.25, 0.3) is 16.2 Å². The standard InChI is InChI=1S/C12H9BrN2S/c1-8-4-2-5-9-11(13)14-12(15(8)9)10-6-3-7-16-10/h2-7H,1H3. The zero-order valence-electron chi connectivity index (χ0n) is 8.64. The molecule has 0 bridgehead atoms. The highest BCUT2D eigenvalue weighted by Gasteiger charge is 2.12. The van der Waals surface area contributed by atoms with E-state index in [9.17, 15) is 0 Å². The fraction of sp³-hybridized carbons (Fsp3) is 0.0833. The number of thiophene rings is 1. The normalized spacial score (nSPS) is 11.1. The Morgan fingerprint density at radius 1 is 1.25 bits per heavy atom. The van der Waals surface area contributed by atoms with Gasteiger partial charge in [-0.15, -0.1) is 11.3 Å². The van der Waals surface area contributed by atoms with Crippen LogP contribution in [-0.4, -0.2) is 9.38 Å². The van der Waals surface area contributed by atoms with Crippen molar-refractivity contribution in [1.82, 2.24) is 9.38 Å². The number of hydrogen-bond donors (Lipinski definition) is 0. The zero-order chi connectivity index (χ0) is 11.1. The molecule has 0 fully saturated rings. The van der Waals surface area contributed by atoms with Gasteiger partial charge in [-0.05, 0) is 46.4 Å². The maximum atomic E-state index is 4.58. The van der Waals surface area contributed by atoms with E-state index in [1.54, 1.807) is 11.3 Å². The Kier molecular flexibility index (Phi) is 2.33. The zero-order valence-corrected chi connectivity index (χ0v) is 11.0. The largest absolute Gasteiger partial charge is 0.295 e. The van der Waals surface area contributed by atoms with Gasteiger partial charge >= 0.3 is 0 Å². The summed E-state index contributed by atoms with van der Waals surface area (Å²) in [5.74, 6) is 1.01. The van der Waals surface area contributed by atoms with Crippen LogP contribution >= 0.6 is 27.3 Å². The van der Waals surface area contributed by atoms with E-state index in [0.29, 0.717) is 0 Å². The van der Waals surface area contributed by atoms with Crippen molar-refractivity contribution in [2.24, 2.45) is 0 Å². The summed E-state index contributed by atoms with van der Waals surface area (Å²) in [6.45, 7) is 2.10. The molecule has 0 aliphatic rings. The molecule has 0 aromatic carbocycles. The number of rotatable bonds is 1. The van der Waals surface area contributed by atoms with Crippen LogP contribution < -0.4 is 0 Å². The van der Waals surface area contributed by atoms with Gasteiger partial charge in [0.1, 0.15) is 4.60 Å². The van der Waals surface area contributed by atoms with Crippen molar-refractivity contribution in [3.63, 3.8) is 0 Å². The van der Waals surface area contributed by atoms with Crippen molar-refractivity contribution in [1.29, 1.82) is 0 Å². The van der Waals surface area contributed by atoms with Gasteiger partial charge in [-0.25, -0.2) is 4.98 Å². The highest BCUT2D eigenvalue weighted by atomic mass is 79.9. The van der Waals surface area contributed by atoms with Crippen LogP contribution in [0.5, 0.6) is 0 Å². The molecule has 80 valence electrons. The lowest BCUT2D eigenvalue weighted by Crippen LogP contribution is -1.92. The highest BCUT2D eigenvalue weighted by Crippen LogP contribution is 2.29. The molecule has 4 heteroatoms. The van der Waals surface area contributed by atoms with Gasteiger partial charge in [0.2, 0.25) is 0 Å². The number of imidazole rings is 1. The average molecular weight is 293 g/mol. The summed E-state index contributed by atoms with van der Waals surface area (Å²) in [7, 11) is 0. The molecule has 0 unspecified atom stereocenters. The second kappa shape index (κ2) is 3.71. The lowest BCUT2D eigenvalue weighted by molar-refractivity contribution is 1.09. The molecular formula is C12H9BrN2S. The number of aromatic nitrogens is 2. The van der Waals surface area contributed by atoms with Crippen LogP contribution in [0.1, 0.15) is 5.69 Å². The number of hydrogen-bond acceptors (Lipinski definition) is 2. The molecule has 0 saturated carbocycles. The Morgan fingerprint density at radius 3 is 2.88 bits per heavy atom. The van der Waals surface area contributed by atoms with E-state index in [0.717, 1.165) is 15.9 Å². The van der Waals surface area contributed by atoms with E-state index >= 15 is 0 Å². The van der Waals surface area contributed by atoms with Gasteiger partial charge in [-0.3, -0.25) is 4.40 Å². The Labute approximate surface area is 106 Å². The molecule has 3 aromatic heterocycles. The van der Waals surface area contributed by atoms with Crippen molar-refractivity contribution < 1.29 is 0 Å². The smallest absolute Gasteiger partial charge is 0.156 e. The van der Waals surface area contributed by atoms with Crippen molar-refractivity contribution in [3.05, 3.63) is 46.0 Å². The minimum atomic E-state index is 0.902. The second-order valence-corrected chi connectivity index (χ2v) is 5.29. The van der Waals surface area contributed by atoms with Gasteiger partial charge in [-0.1, -0.05) is 12.1 Å². The molecule has 0 aliphatic carbocycles. The van der Waals surface area contributed by atoms with Gasteiger partial charge in [0.05, 0.1) is 10.4 Å². The topological polar surface area (TPSA) is 17.3 Å². The van der Waals surface area contributed by atoms with Crippen LogP contribution in [0.2, 0.25) is 0 Å². The maximum absolute atomic E-state index is 4.58. The van der Waals surface area contributed by atoms with E-state index in [2.05, 4.69) is 61.9 Å². The van der Waals surface area contributed by atoms with Crippen LogP contribution in [-0.2, 0) is 0 Å². The van der Waals surface area contributed by atoms with Crippen LogP contribution in [0.4, 0.5) is 0 Å². The predicted molar refractivity (Wildman–Crippen MR) is 70.9 cm³/mol. The first-order valence-corrected chi connectivity index (χ1v) is 6.62. The third-order valence-corrected chi connectivity index (χ3v) is 4.00. The van der Waals surface area contributed by atoms with Gasteiger partial charge in [0.15, 0.2) is 5.82 Å². The van der Waals surface area contributed by atoms with Gasteiger partial charge < -0.3 is 0 Å². The Bertz CT molecular complexity index is 640. The maximum Gasteiger partial charge on any atom is 0.156 e. The van der Waals surface area contributed by atoms with Gasteiger partial charge in [0.25, 0.3) is 0 Å². The van der Waals surface area contributed by atoms with Crippen LogP contribution in [0, 0.1) is 6.92 Å². The molecule has 0 saturated heterocycles. The summed E-state index contributed by atoms with van der Waals surface area (Å²) < 4.78 is 3.08. The number of aryl methyl sites for hydroxylation is 1. The molecule has 0 aliphatic heterocycles. The summed E-state index contributed by atoms with van der Waals surface area (Å²) in [5.41, 5.74) is 2.31. The quantitative estimate of drug-likeness (QED) is 0.659. The van der Waals surface area contributed by atoms with Gasteiger partial charge in [-0.2, -0.15) is 0 Å². The van der Waals surface area contributed by atoms with Crippen molar-refractivity contribution >= 4 is 32.8 Å². The molecule has 16 heavy (non-hydrogen) atoms. The first kappa shape index (κ1) is 10.1. The molecule has 0 radical (unpaired) electrons. The fourth-order valence-corrected chi connectivity index (χ4v) is 3.01. The third-order valence-electron chi connectivity index (χ3n) is 2.55. The van der Waals surface area contributed by atoms with Crippen LogP contribution in [0.15, 0.2) is 40.3 Å². The van der Waals surface area contributed by atoms with E-state index in [-0.39, 0.29) is 0 Å². The monoisotopic (exact) mass is 292 g/mol. The fourth-order valence-electron chi connectivity index (χ4n) is 1.83. The summed E-state index contributed by atoms with van der Waals surface area (Å²) in [4.78, 5) is 5.77. The number of fused-ring (bicyclic) bond motifs is 1. The van der Waals surface area contributed by atoms with Crippen molar-refractivity contribution in [2.75, 3.05) is 0 Å². The first-order chi connectivity index (χ1) is 7.77. The lowest BCUT2D eigenvalue weighted by Gasteiger charge is -2.02. The molecule has 2 nitrogen and oxygen atoms in total. The molecule has 3 aromatic rings. The lowest BCUT2D eigenvalue weighted by atomic mass is 10.3. The van der Waals surface area contributed by atoms with E-state index in [1.807, 2.05) is 6.07 Å². The number of nitrogens with zero attached hydrogens (tertiary/aromatic N) is 2. The third kappa shape index (κ3) is 1.41. The molecule has 0 amide bonds. The van der Waals surface area contributed by atoms with Crippen LogP contribution in [0.3, 0.4) is 0 Å². The predicted octanol–water partition coefficient (Wildman–Crippen LogP) is 4.13. The molecule has 0 spiro atoms. The highest BCUT2D eigenvalue weighted by molar-refractivity contribution is 9.10. The Morgan fingerprint density at radius 2 is 2.12 bits per heavy atom. The second-order valence-electron chi connectivity index (χ2n) is 3.59. The van der Waals surface area contributed by atoms with E-state index in [1.165, 1.54) is 10.6 Å². The Hall–Kier alpha value is -1.13. The molecule has 3 heterocycles. The number of pyridine rings is 1. The summed E-state index contributed by atoms with van der Waals surface area (Å²) >= 11 is 5.22. The molecular weight excluding hydrogens is 284 g/mol. The van der Waals surface area contributed by atoms with Gasteiger partial charge in [0, 0.05) is 5.69 Å². The van der Waals surface area contributed by atoms with Crippen molar-refractivity contribution in [2.45, 2.75) is 6.92 Å².